The molecule has 118 valence electrons. The van der Waals surface area contributed by atoms with Crippen LogP contribution in [-0.2, 0) is 17.8 Å². The van der Waals surface area contributed by atoms with E-state index < -0.39 is 5.97 Å². The number of hydrogen-bond donors (Lipinski definition) is 2. The molecule has 1 heterocycles. The van der Waals surface area contributed by atoms with Gasteiger partial charge in [-0.05, 0) is 24.2 Å². The zero-order valence-corrected chi connectivity index (χ0v) is 13.2. The number of hydrogen-bond acceptors (Lipinski definition) is 5. The summed E-state index contributed by atoms with van der Waals surface area (Å²) in [5.74, 6) is 0.545. The van der Waals surface area contributed by atoms with Crippen molar-refractivity contribution in [3.05, 3.63) is 11.8 Å². The fourth-order valence-corrected chi connectivity index (χ4v) is 3.25. The van der Waals surface area contributed by atoms with Crippen LogP contribution < -0.4 is 5.32 Å². The molecule has 0 aromatic carbocycles. The van der Waals surface area contributed by atoms with Crippen LogP contribution in [-0.4, -0.2) is 27.3 Å². The Morgan fingerprint density at radius 1 is 1.38 bits per heavy atom. The van der Waals surface area contributed by atoms with Crippen molar-refractivity contribution < 1.29 is 14.3 Å². The standard InChI is InChI=1S/C15H25N3O3/c1-5-12-17-18-13(21-12)8-16-11-7-6-10(14(19)20)15(3,4)9(11)2/h9-11,16H,5-8H2,1-4H3,(H,19,20). The molecule has 2 N–H and O–H groups in total. The third-order valence-corrected chi connectivity index (χ3v) is 5.07. The zero-order chi connectivity index (χ0) is 15.6. The van der Waals surface area contributed by atoms with E-state index in [1.54, 1.807) is 0 Å². The third-order valence-electron chi connectivity index (χ3n) is 5.07. The highest BCUT2D eigenvalue weighted by Crippen LogP contribution is 2.45. The summed E-state index contributed by atoms with van der Waals surface area (Å²) in [6.07, 6.45) is 2.30. The predicted octanol–water partition coefficient (Wildman–Crippen LogP) is 2.25. The zero-order valence-electron chi connectivity index (χ0n) is 13.2. The second-order valence-corrected chi connectivity index (χ2v) is 6.51. The first-order valence-electron chi connectivity index (χ1n) is 7.63. The quantitative estimate of drug-likeness (QED) is 0.866. The molecule has 1 aromatic heterocycles. The van der Waals surface area contributed by atoms with Crippen molar-refractivity contribution in [3.63, 3.8) is 0 Å². The maximum Gasteiger partial charge on any atom is 0.307 e. The molecular formula is C15H25N3O3. The lowest BCUT2D eigenvalue weighted by atomic mass is 9.61. The van der Waals surface area contributed by atoms with Crippen molar-refractivity contribution in [1.29, 1.82) is 0 Å². The van der Waals surface area contributed by atoms with Crippen LogP contribution in [0.25, 0.3) is 0 Å². The van der Waals surface area contributed by atoms with Crippen molar-refractivity contribution in [1.82, 2.24) is 15.5 Å². The highest BCUT2D eigenvalue weighted by atomic mass is 16.4. The normalized spacial score (nSPS) is 28.5. The third kappa shape index (κ3) is 3.26. The van der Waals surface area contributed by atoms with Gasteiger partial charge in [-0.25, -0.2) is 0 Å². The molecule has 6 heteroatoms. The molecule has 0 bridgehead atoms. The van der Waals surface area contributed by atoms with Gasteiger partial charge in [0.25, 0.3) is 0 Å². The van der Waals surface area contributed by atoms with Crippen LogP contribution in [0.4, 0.5) is 0 Å². The fourth-order valence-electron chi connectivity index (χ4n) is 3.25. The van der Waals surface area contributed by atoms with Crippen LogP contribution in [0.3, 0.4) is 0 Å². The van der Waals surface area contributed by atoms with Gasteiger partial charge >= 0.3 is 5.97 Å². The molecule has 1 aliphatic carbocycles. The Kier molecular flexibility index (Phi) is 4.66. The summed E-state index contributed by atoms with van der Waals surface area (Å²) >= 11 is 0. The van der Waals surface area contributed by atoms with E-state index in [9.17, 15) is 9.90 Å². The Bertz CT molecular complexity index is 498. The van der Waals surface area contributed by atoms with Gasteiger partial charge in [0.2, 0.25) is 11.8 Å². The van der Waals surface area contributed by atoms with Gasteiger partial charge in [0.05, 0.1) is 12.5 Å². The van der Waals surface area contributed by atoms with Crippen molar-refractivity contribution in [2.24, 2.45) is 17.3 Å². The molecule has 1 aliphatic rings. The number of aliphatic carboxylic acids is 1. The summed E-state index contributed by atoms with van der Waals surface area (Å²) in [6.45, 7) is 8.73. The lowest BCUT2D eigenvalue weighted by Gasteiger charge is -2.46. The van der Waals surface area contributed by atoms with Crippen LogP contribution in [0, 0.1) is 17.3 Å². The maximum absolute atomic E-state index is 11.4. The van der Waals surface area contributed by atoms with E-state index in [4.69, 9.17) is 4.42 Å². The van der Waals surface area contributed by atoms with Crippen LogP contribution in [0.5, 0.6) is 0 Å². The molecule has 0 radical (unpaired) electrons. The smallest absolute Gasteiger partial charge is 0.307 e. The average molecular weight is 295 g/mol. The monoisotopic (exact) mass is 295 g/mol. The summed E-state index contributed by atoms with van der Waals surface area (Å²) in [4.78, 5) is 11.4. The Labute approximate surface area is 125 Å². The summed E-state index contributed by atoms with van der Waals surface area (Å²) in [7, 11) is 0. The van der Waals surface area contributed by atoms with Gasteiger partial charge in [0, 0.05) is 12.5 Å². The van der Waals surface area contributed by atoms with E-state index in [1.807, 2.05) is 20.8 Å². The van der Waals surface area contributed by atoms with E-state index in [-0.39, 0.29) is 23.3 Å². The van der Waals surface area contributed by atoms with Gasteiger partial charge in [-0.15, -0.1) is 10.2 Å². The maximum atomic E-state index is 11.4. The number of carboxylic acid groups (broad SMARTS) is 1. The minimum atomic E-state index is -0.685. The van der Waals surface area contributed by atoms with E-state index >= 15 is 0 Å². The molecule has 2 rings (SSSR count). The van der Waals surface area contributed by atoms with Crippen molar-refractivity contribution in [2.45, 2.75) is 59.5 Å². The van der Waals surface area contributed by atoms with Gasteiger partial charge in [-0.3, -0.25) is 4.79 Å². The summed E-state index contributed by atoms with van der Waals surface area (Å²) in [5, 5.41) is 20.8. The average Bonchev–Trinajstić information content (AvgIpc) is 2.88. The molecule has 0 saturated heterocycles. The Morgan fingerprint density at radius 3 is 2.62 bits per heavy atom. The van der Waals surface area contributed by atoms with Crippen molar-refractivity contribution >= 4 is 5.97 Å². The number of rotatable bonds is 5. The fraction of sp³-hybridized carbons (Fsp3) is 0.800. The molecule has 1 aromatic rings. The number of nitrogens with zero attached hydrogens (tertiary/aromatic N) is 2. The minimum Gasteiger partial charge on any atom is -0.481 e. The first-order valence-corrected chi connectivity index (χ1v) is 7.63. The van der Waals surface area contributed by atoms with Gasteiger partial charge in [0.15, 0.2) is 0 Å². The Hall–Kier alpha value is -1.43. The first-order chi connectivity index (χ1) is 9.86. The number of aromatic nitrogens is 2. The molecule has 1 fully saturated rings. The second kappa shape index (κ2) is 6.13. The molecule has 1 saturated carbocycles. The Balaban J connectivity index is 1.97. The second-order valence-electron chi connectivity index (χ2n) is 6.51. The van der Waals surface area contributed by atoms with Crippen molar-refractivity contribution in [2.75, 3.05) is 0 Å². The highest BCUT2D eigenvalue weighted by Gasteiger charge is 2.46. The van der Waals surface area contributed by atoms with E-state index in [0.29, 0.717) is 24.7 Å². The largest absolute Gasteiger partial charge is 0.481 e. The molecule has 3 unspecified atom stereocenters. The molecule has 0 amide bonds. The van der Waals surface area contributed by atoms with Crippen LogP contribution in [0.15, 0.2) is 4.42 Å². The van der Waals surface area contributed by atoms with Crippen molar-refractivity contribution in [3.8, 4) is 0 Å². The lowest BCUT2D eigenvalue weighted by molar-refractivity contribution is -0.150. The summed E-state index contributed by atoms with van der Waals surface area (Å²) < 4.78 is 5.49. The molecular weight excluding hydrogens is 270 g/mol. The van der Waals surface area contributed by atoms with Gasteiger partial charge in [0.1, 0.15) is 0 Å². The van der Waals surface area contributed by atoms with Crippen LogP contribution >= 0.6 is 0 Å². The molecule has 3 atom stereocenters. The van der Waals surface area contributed by atoms with E-state index in [0.717, 1.165) is 12.8 Å². The number of carboxylic acids is 1. The molecule has 21 heavy (non-hydrogen) atoms. The van der Waals surface area contributed by atoms with E-state index in [1.165, 1.54) is 0 Å². The van der Waals surface area contributed by atoms with Gasteiger partial charge < -0.3 is 14.8 Å². The molecule has 6 nitrogen and oxygen atoms in total. The molecule has 0 spiro atoms. The summed E-state index contributed by atoms with van der Waals surface area (Å²) in [6, 6.07) is 0.271. The predicted molar refractivity (Wildman–Crippen MR) is 77.6 cm³/mol. The molecule has 0 aliphatic heterocycles. The van der Waals surface area contributed by atoms with Gasteiger partial charge in [-0.1, -0.05) is 27.7 Å². The minimum absolute atomic E-state index is 0.231. The number of aryl methyl sites for hydroxylation is 1. The summed E-state index contributed by atoms with van der Waals surface area (Å²) in [5.41, 5.74) is -0.231. The first kappa shape index (κ1) is 15.9. The van der Waals surface area contributed by atoms with E-state index in [2.05, 4.69) is 22.4 Å². The highest BCUT2D eigenvalue weighted by molar-refractivity contribution is 5.71. The number of nitrogens with one attached hydrogen (secondary N) is 1. The number of carbonyl (C=O) groups is 1. The van der Waals surface area contributed by atoms with Crippen LogP contribution in [0.1, 0.15) is 52.3 Å². The van der Waals surface area contributed by atoms with Crippen LogP contribution in [0.2, 0.25) is 0 Å². The van der Waals surface area contributed by atoms with Gasteiger partial charge in [-0.2, -0.15) is 0 Å². The SMILES string of the molecule is CCc1nnc(CNC2CCC(C(=O)O)C(C)(C)C2C)o1. The lowest BCUT2D eigenvalue weighted by Crippen LogP contribution is -2.50. The Morgan fingerprint density at radius 2 is 2.05 bits per heavy atom. The topological polar surface area (TPSA) is 88.2 Å².